The maximum atomic E-state index is 5.76. The fourth-order valence-corrected chi connectivity index (χ4v) is 3.92. The van der Waals surface area contributed by atoms with Crippen molar-refractivity contribution in [2.75, 3.05) is 25.2 Å². The molecule has 2 N–H and O–H groups in total. The van der Waals surface area contributed by atoms with Crippen LogP contribution >= 0.6 is 0 Å². The molecule has 0 bridgehead atoms. The molecule has 1 fully saturated rings. The zero-order valence-electron chi connectivity index (χ0n) is 16.2. The number of methoxy groups -OCH3 is 1. The first-order chi connectivity index (χ1) is 13.6. The van der Waals surface area contributed by atoms with Crippen LogP contribution in [-0.4, -0.2) is 52.6 Å². The number of anilines is 1. The van der Waals surface area contributed by atoms with Crippen LogP contribution < -0.4 is 9.64 Å². The van der Waals surface area contributed by atoms with E-state index in [0.29, 0.717) is 6.04 Å². The summed E-state index contributed by atoms with van der Waals surface area (Å²) in [4.78, 5) is 10.6. The van der Waals surface area contributed by atoms with Crippen LogP contribution in [0.2, 0.25) is 0 Å². The van der Waals surface area contributed by atoms with Crippen molar-refractivity contribution in [3.63, 3.8) is 0 Å². The van der Waals surface area contributed by atoms with E-state index in [1.54, 1.807) is 7.11 Å². The molecular formula is C21H23N5O2. The molecule has 1 saturated heterocycles. The molecule has 4 aromatic rings. The number of aromatic nitrogens is 4. The zero-order chi connectivity index (χ0) is 19.3. The number of hydrogen-bond acceptors (Lipinski definition) is 5. The number of aromatic amines is 2. The molecule has 0 aliphatic carbocycles. The van der Waals surface area contributed by atoms with Crippen LogP contribution in [0.15, 0.2) is 36.4 Å². The second-order valence-electron chi connectivity index (χ2n) is 7.39. The lowest BCUT2D eigenvalue weighted by Crippen LogP contribution is -2.47. The summed E-state index contributed by atoms with van der Waals surface area (Å²) in [6.45, 7) is 5.94. The quantitative estimate of drug-likeness (QED) is 0.569. The lowest BCUT2D eigenvalue weighted by molar-refractivity contribution is 0.0344. The standard InChI is InChI=1S/C21H23N5O2/c1-12-11-28-13(2)10-26(12)14-7-8-16-17(9-14)23-21(22-16)20-15-5-4-6-18(27-3)19(15)24-25-20/h4-9,12-13H,10-11H2,1-3H3,(H,22,23)(H,24,25). The number of rotatable bonds is 3. The van der Waals surface area contributed by atoms with Gasteiger partial charge in [0.1, 0.15) is 17.0 Å². The van der Waals surface area contributed by atoms with E-state index in [2.05, 4.69) is 52.1 Å². The molecule has 2 aromatic heterocycles. The van der Waals surface area contributed by atoms with E-state index in [-0.39, 0.29) is 6.10 Å². The lowest BCUT2D eigenvalue weighted by Gasteiger charge is -2.38. The van der Waals surface area contributed by atoms with Crippen molar-refractivity contribution in [1.82, 2.24) is 20.2 Å². The summed E-state index contributed by atoms with van der Waals surface area (Å²) in [6, 6.07) is 12.6. The fraction of sp³-hybridized carbons (Fsp3) is 0.333. The Labute approximate surface area is 162 Å². The normalized spacial score (nSPS) is 20.2. The lowest BCUT2D eigenvalue weighted by atomic mass is 10.1. The Balaban J connectivity index is 1.56. The van der Waals surface area contributed by atoms with E-state index in [4.69, 9.17) is 14.5 Å². The van der Waals surface area contributed by atoms with E-state index in [1.807, 2.05) is 18.2 Å². The van der Waals surface area contributed by atoms with Crippen molar-refractivity contribution in [1.29, 1.82) is 0 Å². The van der Waals surface area contributed by atoms with Crippen LogP contribution in [-0.2, 0) is 4.74 Å². The van der Waals surface area contributed by atoms with Crippen LogP contribution in [0.5, 0.6) is 5.75 Å². The highest BCUT2D eigenvalue weighted by molar-refractivity contribution is 5.96. The van der Waals surface area contributed by atoms with E-state index in [9.17, 15) is 0 Å². The molecular weight excluding hydrogens is 354 g/mol. The first kappa shape index (κ1) is 17.1. The Morgan fingerprint density at radius 1 is 1.21 bits per heavy atom. The van der Waals surface area contributed by atoms with E-state index in [0.717, 1.165) is 52.4 Å². The molecule has 5 rings (SSSR count). The topological polar surface area (TPSA) is 79.1 Å². The van der Waals surface area contributed by atoms with Gasteiger partial charge in [0.05, 0.1) is 30.9 Å². The van der Waals surface area contributed by atoms with Crippen molar-refractivity contribution in [3.8, 4) is 17.3 Å². The monoisotopic (exact) mass is 377 g/mol. The third kappa shape index (κ3) is 2.70. The van der Waals surface area contributed by atoms with E-state index in [1.165, 1.54) is 5.69 Å². The Kier molecular flexibility index (Phi) is 3.98. The summed E-state index contributed by atoms with van der Waals surface area (Å²) < 4.78 is 11.2. The summed E-state index contributed by atoms with van der Waals surface area (Å²) in [7, 11) is 1.66. The summed E-state index contributed by atoms with van der Waals surface area (Å²) in [5, 5.41) is 8.53. The van der Waals surface area contributed by atoms with Gasteiger partial charge in [-0.3, -0.25) is 5.10 Å². The van der Waals surface area contributed by atoms with Gasteiger partial charge in [0, 0.05) is 23.7 Å². The van der Waals surface area contributed by atoms with Gasteiger partial charge < -0.3 is 19.4 Å². The molecule has 3 heterocycles. The van der Waals surface area contributed by atoms with Crippen LogP contribution in [0.25, 0.3) is 33.5 Å². The number of benzene rings is 2. The van der Waals surface area contributed by atoms with Gasteiger partial charge in [-0.2, -0.15) is 5.10 Å². The van der Waals surface area contributed by atoms with Gasteiger partial charge in [-0.1, -0.05) is 12.1 Å². The van der Waals surface area contributed by atoms with Gasteiger partial charge in [-0.25, -0.2) is 4.98 Å². The van der Waals surface area contributed by atoms with Crippen LogP contribution in [0.3, 0.4) is 0 Å². The smallest absolute Gasteiger partial charge is 0.159 e. The summed E-state index contributed by atoms with van der Waals surface area (Å²) in [6.07, 6.45) is 0.231. The average Bonchev–Trinajstić information content (AvgIpc) is 3.32. The second-order valence-corrected chi connectivity index (χ2v) is 7.39. The maximum absolute atomic E-state index is 5.76. The largest absolute Gasteiger partial charge is 0.494 e. The second kappa shape index (κ2) is 6.53. The number of nitrogens with one attached hydrogen (secondary N) is 2. The van der Waals surface area contributed by atoms with E-state index >= 15 is 0 Å². The summed E-state index contributed by atoms with van der Waals surface area (Å²) >= 11 is 0. The molecule has 0 amide bonds. The number of H-pyrrole nitrogens is 2. The van der Waals surface area contributed by atoms with Gasteiger partial charge in [-0.15, -0.1) is 0 Å². The minimum atomic E-state index is 0.231. The van der Waals surface area contributed by atoms with Gasteiger partial charge in [0.15, 0.2) is 5.82 Å². The Bertz CT molecular complexity index is 1150. The van der Waals surface area contributed by atoms with E-state index < -0.39 is 0 Å². The van der Waals surface area contributed by atoms with Crippen molar-refractivity contribution in [2.45, 2.75) is 26.0 Å². The first-order valence-corrected chi connectivity index (χ1v) is 9.53. The predicted molar refractivity (Wildman–Crippen MR) is 110 cm³/mol. The Morgan fingerprint density at radius 3 is 2.96 bits per heavy atom. The number of fused-ring (bicyclic) bond motifs is 2. The minimum Gasteiger partial charge on any atom is -0.494 e. The molecule has 0 spiro atoms. The van der Waals surface area contributed by atoms with Gasteiger partial charge >= 0.3 is 0 Å². The van der Waals surface area contributed by atoms with Crippen molar-refractivity contribution in [3.05, 3.63) is 36.4 Å². The summed E-state index contributed by atoms with van der Waals surface area (Å²) in [5.74, 6) is 1.51. The molecule has 2 unspecified atom stereocenters. The van der Waals surface area contributed by atoms with Crippen molar-refractivity contribution < 1.29 is 9.47 Å². The SMILES string of the molecule is COc1cccc2c(-c3nc4ccc(N5CC(C)OCC5C)cc4[nH]3)n[nH]c12. The van der Waals surface area contributed by atoms with Crippen LogP contribution in [0.1, 0.15) is 13.8 Å². The number of imidazole rings is 1. The van der Waals surface area contributed by atoms with Crippen LogP contribution in [0, 0.1) is 0 Å². The highest BCUT2D eigenvalue weighted by atomic mass is 16.5. The third-order valence-corrected chi connectivity index (χ3v) is 5.41. The predicted octanol–water partition coefficient (Wildman–Crippen LogP) is 3.73. The van der Waals surface area contributed by atoms with Crippen molar-refractivity contribution >= 4 is 27.6 Å². The van der Waals surface area contributed by atoms with Crippen LogP contribution in [0.4, 0.5) is 5.69 Å². The number of hydrogen-bond donors (Lipinski definition) is 2. The maximum Gasteiger partial charge on any atom is 0.159 e. The molecule has 1 aliphatic rings. The molecule has 0 saturated carbocycles. The molecule has 7 nitrogen and oxygen atoms in total. The Morgan fingerprint density at radius 2 is 2.11 bits per heavy atom. The number of ether oxygens (including phenoxy) is 2. The van der Waals surface area contributed by atoms with Gasteiger partial charge in [0.25, 0.3) is 0 Å². The number of morpholine rings is 1. The fourth-order valence-electron chi connectivity index (χ4n) is 3.92. The molecule has 2 atom stereocenters. The molecule has 2 aromatic carbocycles. The molecule has 7 heteroatoms. The molecule has 1 aliphatic heterocycles. The highest BCUT2D eigenvalue weighted by Crippen LogP contribution is 2.32. The molecule has 144 valence electrons. The van der Waals surface area contributed by atoms with Gasteiger partial charge in [0.2, 0.25) is 0 Å². The van der Waals surface area contributed by atoms with Gasteiger partial charge in [-0.05, 0) is 38.1 Å². The number of nitrogens with zero attached hydrogens (tertiary/aromatic N) is 3. The number of para-hydroxylation sites is 1. The van der Waals surface area contributed by atoms with Crippen molar-refractivity contribution in [2.24, 2.45) is 0 Å². The first-order valence-electron chi connectivity index (χ1n) is 9.53. The third-order valence-electron chi connectivity index (χ3n) is 5.41. The Hall–Kier alpha value is -3.06. The molecule has 0 radical (unpaired) electrons. The average molecular weight is 377 g/mol. The minimum absolute atomic E-state index is 0.231. The zero-order valence-corrected chi connectivity index (χ0v) is 16.2. The summed E-state index contributed by atoms with van der Waals surface area (Å²) in [5.41, 5.74) is 4.76. The molecule has 28 heavy (non-hydrogen) atoms. The highest BCUT2D eigenvalue weighted by Gasteiger charge is 2.24.